The molecule has 0 spiro atoms. The van der Waals surface area contributed by atoms with Gasteiger partial charge in [-0.2, -0.15) is 0 Å². The minimum atomic E-state index is 0.916. The van der Waals surface area contributed by atoms with Crippen LogP contribution in [0.25, 0.3) is 66.7 Å². The highest BCUT2D eigenvalue weighted by atomic mass is 15.1. The average Bonchev–Trinajstić information content (AvgIpc) is 3.78. The van der Waals surface area contributed by atoms with E-state index in [2.05, 4.69) is 216 Å². The second-order valence-corrected chi connectivity index (χ2v) is 14.3. The first-order valence-corrected chi connectivity index (χ1v) is 18.8. The van der Waals surface area contributed by atoms with E-state index in [1.807, 2.05) is 6.07 Å². The first kappa shape index (κ1) is 32.5. The molecule has 0 saturated carbocycles. The van der Waals surface area contributed by atoms with Crippen molar-refractivity contribution in [3.63, 3.8) is 0 Å². The molecule has 0 amide bonds. The van der Waals surface area contributed by atoms with Crippen LogP contribution < -0.4 is 4.90 Å². The Morgan fingerprint density at radius 3 is 1.45 bits per heavy atom. The summed E-state index contributed by atoms with van der Waals surface area (Å²) in [5.74, 6) is 0.916. The second-order valence-electron chi connectivity index (χ2n) is 14.3. The molecule has 2 aromatic heterocycles. The summed E-state index contributed by atoms with van der Waals surface area (Å²) in [5.41, 5.74) is 15.9. The zero-order valence-electron chi connectivity index (χ0n) is 30.8. The highest BCUT2D eigenvalue weighted by molar-refractivity contribution is 6.09. The molecule has 8 aromatic carbocycles. The zero-order valence-corrected chi connectivity index (χ0v) is 30.8. The Labute approximate surface area is 320 Å². The number of rotatable bonds is 7. The van der Waals surface area contributed by atoms with E-state index < -0.39 is 0 Å². The fraction of sp³-hybridized carbons (Fsp3) is 0.0392. The van der Waals surface area contributed by atoms with Crippen LogP contribution in [0.5, 0.6) is 0 Å². The molecule has 0 saturated heterocycles. The van der Waals surface area contributed by atoms with Crippen LogP contribution in [-0.4, -0.2) is 14.1 Å². The van der Waals surface area contributed by atoms with Gasteiger partial charge in [0.15, 0.2) is 0 Å². The zero-order chi connectivity index (χ0) is 36.9. The molecule has 0 aliphatic carbocycles. The molecule has 10 aromatic rings. The van der Waals surface area contributed by atoms with Crippen molar-refractivity contribution in [1.29, 1.82) is 0 Å². The van der Waals surface area contributed by atoms with Crippen LogP contribution >= 0.6 is 0 Å². The van der Waals surface area contributed by atoms with Gasteiger partial charge in [0, 0.05) is 44.8 Å². The Bertz CT molecular complexity index is 2900. The van der Waals surface area contributed by atoms with E-state index >= 15 is 0 Å². The standard InChI is InChI=1S/C51H38N4/c1-35-32-36(2)34-39(33-35)37-20-24-41(25-21-37)53(43-28-30-44(31-29-43)54-48-17-9-6-14-45(48)46-15-7-10-18-49(46)54)42-26-22-38(23-27-42)51-52-47-16-8-11-19-50(47)55(51)40-12-4-3-5-13-40/h3-34H,1-2H3. The number of hydrogen-bond donors (Lipinski definition) is 0. The van der Waals surface area contributed by atoms with Gasteiger partial charge in [-0.1, -0.05) is 108 Å². The third-order valence-electron chi connectivity index (χ3n) is 10.6. The lowest BCUT2D eigenvalue weighted by atomic mass is 10.0. The molecule has 4 heteroatoms. The van der Waals surface area contributed by atoms with Gasteiger partial charge < -0.3 is 9.47 Å². The molecule has 0 radical (unpaired) electrons. The summed E-state index contributed by atoms with van der Waals surface area (Å²) in [6.45, 7) is 4.32. The fourth-order valence-corrected chi connectivity index (χ4v) is 8.16. The van der Waals surface area contributed by atoms with Gasteiger partial charge in [0.2, 0.25) is 0 Å². The van der Waals surface area contributed by atoms with E-state index in [9.17, 15) is 0 Å². The molecule has 55 heavy (non-hydrogen) atoms. The SMILES string of the molecule is Cc1cc(C)cc(-c2ccc(N(c3ccc(-c4nc5ccccc5n4-c4ccccc4)cc3)c3ccc(-n4c5ccccc5c5ccccc54)cc3)cc2)c1. The van der Waals surface area contributed by atoms with E-state index in [1.165, 1.54) is 44.1 Å². The second kappa shape index (κ2) is 13.4. The van der Waals surface area contributed by atoms with E-state index in [4.69, 9.17) is 4.98 Å². The highest BCUT2D eigenvalue weighted by Crippen LogP contribution is 2.39. The van der Waals surface area contributed by atoms with Crippen LogP contribution in [0.1, 0.15) is 11.1 Å². The third kappa shape index (κ3) is 5.76. The molecular weight excluding hydrogens is 669 g/mol. The van der Waals surface area contributed by atoms with Crippen molar-refractivity contribution in [3.8, 4) is 33.9 Å². The Kier molecular flexibility index (Phi) is 7.88. The first-order chi connectivity index (χ1) is 27.1. The lowest BCUT2D eigenvalue weighted by molar-refractivity contribution is 1.10. The molecule has 0 bridgehead atoms. The molecule has 262 valence electrons. The molecule has 0 fully saturated rings. The van der Waals surface area contributed by atoms with Gasteiger partial charge in [-0.25, -0.2) is 4.98 Å². The summed E-state index contributed by atoms with van der Waals surface area (Å²) >= 11 is 0. The molecule has 4 nitrogen and oxygen atoms in total. The van der Waals surface area contributed by atoms with Gasteiger partial charge in [0.05, 0.1) is 22.1 Å². The predicted molar refractivity (Wildman–Crippen MR) is 230 cm³/mol. The van der Waals surface area contributed by atoms with E-state index in [0.29, 0.717) is 0 Å². The van der Waals surface area contributed by atoms with Crippen molar-refractivity contribution in [1.82, 2.24) is 14.1 Å². The predicted octanol–water partition coefficient (Wildman–Crippen LogP) is 13.5. The summed E-state index contributed by atoms with van der Waals surface area (Å²) in [6, 6.07) is 69.6. The highest BCUT2D eigenvalue weighted by Gasteiger charge is 2.18. The average molecular weight is 707 g/mol. The van der Waals surface area contributed by atoms with Crippen molar-refractivity contribution in [3.05, 3.63) is 205 Å². The Morgan fingerprint density at radius 2 is 0.855 bits per heavy atom. The molecule has 0 atom stereocenters. The molecule has 0 N–H and O–H groups in total. The van der Waals surface area contributed by atoms with Crippen LogP contribution in [0.15, 0.2) is 194 Å². The van der Waals surface area contributed by atoms with Crippen LogP contribution in [-0.2, 0) is 0 Å². The van der Waals surface area contributed by atoms with E-state index in [0.717, 1.165) is 50.9 Å². The van der Waals surface area contributed by atoms with Crippen LogP contribution in [0.2, 0.25) is 0 Å². The van der Waals surface area contributed by atoms with Crippen LogP contribution in [0, 0.1) is 13.8 Å². The van der Waals surface area contributed by atoms with Gasteiger partial charge in [-0.3, -0.25) is 4.57 Å². The summed E-state index contributed by atoms with van der Waals surface area (Å²) in [6.07, 6.45) is 0. The molecular formula is C51H38N4. The minimum absolute atomic E-state index is 0.916. The quantitative estimate of drug-likeness (QED) is 0.165. The van der Waals surface area contributed by atoms with Crippen molar-refractivity contribution in [2.24, 2.45) is 0 Å². The first-order valence-electron chi connectivity index (χ1n) is 18.8. The van der Waals surface area contributed by atoms with Gasteiger partial charge in [0.25, 0.3) is 0 Å². The van der Waals surface area contributed by atoms with Crippen LogP contribution in [0.3, 0.4) is 0 Å². The number of para-hydroxylation sites is 5. The van der Waals surface area contributed by atoms with Crippen molar-refractivity contribution >= 4 is 49.9 Å². The van der Waals surface area contributed by atoms with Crippen molar-refractivity contribution in [2.45, 2.75) is 13.8 Å². The molecule has 0 aliphatic heterocycles. The maximum atomic E-state index is 5.13. The number of nitrogens with zero attached hydrogens (tertiary/aromatic N) is 4. The molecule has 0 aliphatic rings. The van der Waals surface area contributed by atoms with Crippen LogP contribution in [0.4, 0.5) is 17.1 Å². The van der Waals surface area contributed by atoms with Crippen molar-refractivity contribution in [2.75, 3.05) is 4.90 Å². The Balaban J connectivity index is 1.08. The lowest BCUT2D eigenvalue weighted by Gasteiger charge is -2.26. The van der Waals surface area contributed by atoms with E-state index in [-0.39, 0.29) is 0 Å². The normalized spacial score (nSPS) is 11.5. The smallest absolute Gasteiger partial charge is 0.145 e. The number of aryl methyl sites for hydroxylation is 2. The molecule has 0 unspecified atom stereocenters. The summed E-state index contributed by atoms with van der Waals surface area (Å²) in [7, 11) is 0. The Hall–Kier alpha value is -7.17. The minimum Gasteiger partial charge on any atom is -0.311 e. The number of benzene rings is 8. The lowest BCUT2D eigenvalue weighted by Crippen LogP contribution is -2.10. The molecule has 2 heterocycles. The van der Waals surface area contributed by atoms with Gasteiger partial charge >= 0.3 is 0 Å². The third-order valence-corrected chi connectivity index (χ3v) is 10.6. The fourth-order valence-electron chi connectivity index (χ4n) is 8.16. The number of aromatic nitrogens is 3. The maximum absolute atomic E-state index is 5.13. The monoisotopic (exact) mass is 706 g/mol. The number of imidazole rings is 1. The number of anilines is 3. The summed E-state index contributed by atoms with van der Waals surface area (Å²) in [5, 5.41) is 2.52. The number of hydrogen-bond acceptors (Lipinski definition) is 2. The summed E-state index contributed by atoms with van der Waals surface area (Å²) in [4.78, 5) is 7.46. The van der Waals surface area contributed by atoms with Gasteiger partial charge in [-0.05, 0) is 122 Å². The largest absolute Gasteiger partial charge is 0.311 e. The topological polar surface area (TPSA) is 26.0 Å². The summed E-state index contributed by atoms with van der Waals surface area (Å²) < 4.78 is 4.62. The van der Waals surface area contributed by atoms with Gasteiger partial charge in [0.1, 0.15) is 5.82 Å². The maximum Gasteiger partial charge on any atom is 0.145 e. The molecule has 10 rings (SSSR count). The van der Waals surface area contributed by atoms with E-state index in [1.54, 1.807) is 0 Å². The Morgan fingerprint density at radius 1 is 0.382 bits per heavy atom. The van der Waals surface area contributed by atoms with Gasteiger partial charge in [-0.15, -0.1) is 0 Å². The number of fused-ring (bicyclic) bond motifs is 4. The van der Waals surface area contributed by atoms with Crippen molar-refractivity contribution < 1.29 is 0 Å².